The van der Waals surface area contributed by atoms with Crippen LogP contribution in [0.3, 0.4) is 0 Å². The van der Waals surface area contributed by atoms with Crippen molar-refractivity contribution in [2.75, 3.05) is 26.3 Å². The Bertz CT molecular complexity index is 295. The summed E-state index contributed by atoms with van der Waals surface area (Å²) in [4.78, 5) is 13.5. The van der Waals surface area contributed by atoms with Gasteiger partial charge in [-0.05, 0) is 32.7 Å². The Hall–Kier alpha value is -0.620. The second-order valence-corrected chi connectivity index (χ2v) is 5.47. The summed E-state index contributed by atoms with van der Waals surface area (Å²) in [5.41, 5.74) is 0. The fraction of sp³-hybridized carbons (Fsp3) is 0.929. The molecule has 0 bridgehead atoms. The van der Waals surface area contributed by atoms with Crippen molar-refractivity contribution in [3.63, 3.8) is 0 Å². The lowest BCUT2D eigenvalue weighted by atomic mass is 10.0. The molecule has 1 aliphatic heterocycles. The van der Waals surface area contributed by atoms with Crippen molar-refractivity contribution in [2.24, 2.45) is 0 Å². The average molecular weight is 295 g/mol. The van der Waals surface area contributed by atoms with Gasteiger partial charge >= 0.3 is 6.18 Å². The van der Waals surface area contributed by atoms with Crippen molar-refractivity contribution < 1.29 is 22.7 Å². The number of likely N-dealkylation sites (tertiary alicyclic amines) is 1. The molecule has 0 amide bonds. The highest BCUT2D eigenvalue weighted by atomic mass is 19.4. The third-order valence-electron chi connectivity index (χ3n) is 3.52. The fourth-order valence-electron chi connectivity index (χ4n) is 2.65. The van der Waals surface area contributed by atoms with Crippen molar-refractivity contribution in [1.29, 1.82) is 0 Å². The first-order valence-electron chi connectivity index (χ1n) is 7.26. The van der Waals surface area contributed by atoms with Gasteiger partial charge in [0.05, 0.1) is 0 Å². The van der Waals surface area contributed by atoms with E-state index in [9.17, 15) is 18.0 Å². The largest absolute Gasteiger partial charge is 0.411 e. The quantitative estimate of drug-likeness (QED) is 0.676. The molecule has 0 aromatic heterocycles. The van der Waals surface area contributed by atoms with Crippen LogP contribution in [0.4, 0.5) is 13.2 Å². The maximum Gasteiger partial charge on any atom is 0.411 e. The van der Waals surface area contributed by atoms with Crippen molar-refractivity contribution in [2.45, 2.75) is 57.7 Å². The van der Waals surface area contributed by atoms with Gasteiger partial charge in [-0.2, -0.15) is 13.2 Å². The second-order valence-electron chi connectivity index (χ2n) is 5.47. The number of ether oxygens (including phenoxy) is 1. The molecule has 3 nitrogen and oxygen atoms in total. The van der Waals surface area contributed by atoms with E-state index in [1.165, 1.54) is 0 Å². The van der Waals surface area contributed by atoms with E-state index >= 15 is 0 Å². The van der Waals surface area contributed by atoms with E-state index in [0.29, 0.717) is 19.4 Å². The summed E-state index contributed by atoms with van der Waals surface area (Å²) < 4.78 is 40.4. The van der Waals surface area contributed by atoms with Crippen LogP contribution < -0.4 is 0 Å². The summed E-state index contributed by atoms with van der Waals surface area (Å²) in [6.45, 7) is 2.16. The van der Waals surface area contributed by atoms with Gasteiger partial charge in [-0.15, -0.1) is 0 Å². The Labute approximate surface area is 118 Å². The minimum atomic E-state index is -4.25. The molecular formula is C14H24F3NO2. The molecule has 0 N–H and O–H groups in total. The van der Waals surface area contributed by atoms with E-state index in [1.54, 1.807) is 6.92 Å². The lowest BCUT2D eigenvalue weighted by Gasteiger charge is -2.29. The maximum absolute atomic E-state index is 11.9. The summed E-state index contributed by atoms with van der Waals surface area (Å²) in [6.07, 6.45) is 1.25. The van der Waals surface area contributed by atoms with Crippen molar-refractivity contribution in [1.82, 2.24) is 4.90 Å². The minimum absolute atomic E-state index is 0.114. The Kier molecular flexibility index (Phi) is 7.51. The van der Waals surface area contributed by atoms with Crippen LogP contribution in [0.5, 0.6) is 0 Å². The van der Waals surface area contributed by atoms with Crippen LogP contribution >= 0.6 is 0 Å². The third-order valence-corrected chi connectivity index (χ3v) is 3.52. The van der Waals surface area contributed by atoms with E-state index in [0.717, 1.165) is 32.2 Å². The minimum Gasteiger partial charge on any atom is -0.372 e. The SMILES string of the molecule is CC(=O)CC1CCCCCN1CCCOCC(F)(F)F. The lowest BCUT2D eigenvalue weighted by Crippen LogP contribution is -2.37. The van der Waals surface area contributed by atoms with E-state index < -0.39 is 12.8 Å². The fourth-order valence-corrected chi connectivity index (χ4v) is 2.65. The van der Waals surface area contributed by atoms with Gasteiger partial charge in [-0.3, -0.25) is 9.69 Å². The molecule has 0 aromatic rings. The zero-order valence-corrected chi connectivity index (χ0v) is 12.0. The number of ketones is 1. The highest BCUT2D eigenvalue weighted by molar-refractivity contribution is 5.76. The number of carbonyl (C=O) groups is 1. The van der Waals surface area contributed by atoms with Gasteiger partial charge in [0.15, 0.2) is 0 Å². The molecule has 0 saturated carbocycles. The van der Waals surface area contributed by atoms with Gasteiger partial charge in [0.2, 0.25) is 0 Å². The summed E-state index contributed by atoms with van der Waals surface area (Å²) in [5, 5.41) is 0. The number of hydrogen-bond acceptors (Lipinski definition) is 3. The van der Waals surface area contributed by atoms with E-state index in [-0.39, 0.29) is 18.4 Å². The van der Waals surface area contributed by atoms with Gasteiger partial charge in [0.25, 0.3) is 0 Å². The molecule has 20 heavy (non-hydrogen) atoms. The van der Waals surface area contributed by atoms with Gasteiger partial charge < -0.3 is 4.74 Å². The zero-order chi connectivity index (χ0) is 15.0. The van der Waals surface area contributed by atoms with Crippen LogP contribution in [0.15, 0.2) is 0 Å². The lowest BCUT2D eigenvalue weighted by molar-refractivity contribution is -0.174. The molecule has 0 spiro atoms. The van der Waals surface area contributed by atoms with Gasteiger partial charge in [0, 0.05) is 25.6 Å². The normalized spacial score (nSPS) is 21.7. The predicted octanol–water partition coefficient (Wildman–Crippen LogP) is 3.18. The monoisotopic (exact) mass is 295 g/mol. The topological polar surface area (TPSA) is 29.5 Å². The molecule has 0 aromatic carbocycles. The first kappa shape index (κ1) is 17.4. The van der Waals surface area contributed by atoms with Crippen LogP contribution in [0.1, 0.15) is 45.4 Å². The second kappa shape index (κ2) is 8.62. The highest BCUT2D eigenvalue weighted by Gasteiger charge is 2.27. The van der Waals surface area contributed by atoms with Gasteiger partial charge in [0.1, 0.15) is 12.4 Å². The molecule has 1 unspecified atom stereocenters. The summed E-state index contributed by atoms with van der Waals surface area (Å²) in [7, 11) is 0. The number of hydrogen-bond donors (Lipinski definition) is 0. The molecule has 1 rings (SSSR count). The van der Waals surface area contributed by atoms with Crippen LogP contribution in [-0.2, 0) is 9.53 Å². The Morgan fingerprint density at radius 1 is 1.30 bits per heavy atom. The van der Waals surface area contributed by atoms with Crippen LogP contribution in [0.25, 0.3) is 0 Å². The van der Waals surface area contributed by atoms with Crippen molar-refractivity contribution >= 4 is 5.78 Å². The van der Waals surface area contributed by atoms with E-state index in [1.807, 2.05) is 0 Å². The number of alkyl halides is 3. The van der Waals surface area contributed by atoms with Crippen LogP contribution in [0, 0.1) is 0 Å². The Balaban J connectivity index is 2.28. The molecule has 1 fully saturated rings. The number of nitrogens with zero attached hydrogens (tertiary/aromatic N) is 1. The van der Waals surface area contributed by atoms with Gasteiger partial charge in [-0.1, -0.05) is 12.8 Å². The molecule has 1 heterocycles. The number of carbonyl (C=O) groups excluding carboxylic acids is 1. The Morgan fingerprint density at radius 3 is 2.70 bits per heavy atom. The number of Topliss-reactive ketones (excluding diaryl/α,β-unsaturated/α-hetero) is 1. The predicted molar refractivity (Wildman–Crippen MR) is 70.6 cm³/mol. The summed E-state index contributed by atoms with van der Waals surface area (Å²) >= 11 is 0. The number of halogens is 3. The van der Waals surface area contributed by atoms with E-state index in [2.05, 4.69) is 9.64 Å². The molecular weight excluding hydrogens is 271 g/mol. The summed E-state index contributed by atoms with van der Waals surface area (Å²) in [6, 6.07) is 0.248. The highest BCUT2D eigenvalue weighted by Crippen LogP contribution is 2.20. The molecule has 0 aliphatic carbocycles. The smallest absolute Gasteiger partial charge is 0.372 e. The molecule has 1 aliphatic rings. The molecule has 6 heteroatoms. The van der Waals surface area contributed by atoms with Crippen molar-refractivity contribution in [3.05, 3.63) is 0 Å². The average Bonchev–Trinajstić information content (AvgIpc) is 2.52. The third kappa shape index (κ3) is 7.85. The molecule has 118 valence electrons. The first-order chi connectivity index (χ1) is 9.38. The first-order valence-corrected chi connectivity index (χ1v) is 7.26. The van der Waals surface area contributed by atoms with Gasteiger partial charge in [-0.25, -0.2) is 0 Å². The maximum atomic E-state index is 11.9. The van der Waals surface area contributed by atoms with Crippen LogP contribution in [-0.4, -0.2) is 49.2 Å². The van der Waals surface area contributed by atoms with Crippen molar-refractivity contribution in [3.8, 4) is 0 Å². The van der Waals surface area contributed by atoms with E-state index in [4.69, 9.17) is 0 Å². The number of rotatable bonds is 7. The Morgan fingerprint density at radius 2 is 2.05 bits per heavy atom. The zero-order valence-electron chi connectivity index (χ0n) is 12.0. The summed E-state index contributed by atoms with van der Waals surface area (Å²) in [5.74, 6) is 0.176. The standard InChI is InChI=1S/C14H24F3NO2/c1-12(19)10-13-6-3-2-4-7-18(13)8-5-9-20-11-14(15,16)17/h13H,2-11H2,1H3. The molecule has 0 radical (unpaired) electrons. The molecule has 1 saturated heterocycles. The molecule has 1 atom stereocenters. The van der Waals surface area contributed by atoms with Crippen LogP contribution in [0.2, 0.25) is 0 Å².